The fourth-order valence-corrected chi connectivity index (χ4v) is 1.92. The van der Waals surface area contributed by atoms with Crippen LogP contribution < -0.4 is 5.32 Å². The molecule has 1 aromatic rings. The zero-order valence-electron chi connectivity index (χ0n) is 12.4. The lowest BCUT2D eigenvalue weighted by Crippen LogP contribution is -2.32. The Kier molecular flexibility index (Phi) is 6.31. The molecule has 1 amide bonds. The summed E-state index contributed by atoms with van der Waals surface area (Å²) in [7, 11) is 4.00. The lowest BCUT2D eigenvalue weighted by atomic mass is 10.00. The summed E-state index contributed by atoms with van der Waals surface area (Å²) in [6.07, 6.45) is 1.46. The molecule has 0 fully saturated rings. The van der Waals surface area contributed by atoms with Gasteiger partial charge in [-0.2, -0.15) is 0 Å². The van der Waals surface area contributed by atoms with Crippen molar-refractivity contribution in [1.29, 1.82) is 0 Å². The van der Waals surface area contributed by atoms with Crippen LogP contribution in [0.5, 0.6) is 11.5 Å². The summed E-state index contributed by atoms with van der Waals surface area (Å²) >= 11 is 0. The van der Waals surface area contributed by atoms with Gasteiger partial charge in [0.05, 0.1) is 0 Å². The maximum absolute atomic E-state index is 11.9. The van der Waals surface area contributed by atoms with Crippen LogP contribution in [0.2, 0.25) is 0 Å². The molecule has 5 heteroatoms. The van der Waals surface area contributed by atoms with E-state index < -0.39 is 0 Å². The molecular weight excluding hydrogens is 256 g/mol. The van der Waals surface area contributed by atoms with Crippen LogP contribution in [-0.4, -0.2) is 48.2 Å². The van der Waals surface area contributed by atoms with Crippen LogP contribution in [-0.2, 0) is 11.2 Å². The SMILES string of the molecule is CC(Cc1ccc(O)c(O)c1)C(=O)NCCCN(C)C. The summed E-state index contributed by atoms with van der Waals surface area (Å²) in [5.74, 6) is -0.453. The smallest absolute Gasteiger partial charge is 0.223 e. The first-order valence-electron chi connectivity index (χ1n) is 6.83. The number of rotatable bonds is 7. The Morgan fingerprint density at radius 2 is 2.00 bits per heavy atom. The van der Waals surface area contributed by atoms with Gasteiger partial charge in [0.2, 0.25) is 5.91 Å². The van der Waals surface area contributed by atoms with Crippen molar-refractivity contribution in [3.63, 3.8) is 0 Å². The fraction of sp³-hybridized carbons (Fsp3) is 0.533. The van der Waals surface area contributed by atoms with E-state index in [0.29, 0.717) is 13.0 Å². The van der Waals surface area contributed by atoms with Gasteiger partial charge in [-0.15, -0.1) is 0 Å². The van der Waals surface area contributed by atoms with Crippen molar-refractivity contribution in [2.45, 2.75) is 19.8 Å². The highest BCUT2D eigenvalue weighted by atomic mass is 16.3. The largest absolute Gasteiger partial charge is 0.504 e. The number of hydrogen-bond acceptors (Lipinski definition) is 4. The lowest BCUT2D eigenvalue weighted by Gasteiger charge is -2.14. The van der Waals surface area contributed by atoms with Gasteiger partial charge in [0.1, 0.15) is 0 Å². The Morgan fingerprint density at radius 1 is 1.30 bits per heavy atom. The summed E-state index contributed by atoms with van der Waals surface area (Å²) in [6.45, 7) is 3.47. The topological polar surface area (TPSA) is 72.8 Å². The second-order valence-electron chi connectivity index (χ2n) is 5.38. The maximum Gasteiger partial charge on any atom is 0.223 e. The van der Waals surface area contributed by atoms with Crippen LogP contribution in [0, 0.1) is 5.92 Å². The average Bonchev–Trinajstić information content (AvgIpc) is 2.38. The quantitative estimate of drug-likeness (QED) is 0.520. The van der Waals surface area contributed by atoms with Gasteiger partial charge in [-0.1, -0.05) is 13.0 Å². The molecule has 0 aliphatic rings. The fourth-order valence-electron chi connectivity index (χ4n) is 1.92. The summed E-state index contributed by atoms with van der Waals surface area (Å²) in [6, 6.07) is 4.64. The highest BCUT2D eigenvalue weighted by Gasteiger charge is 2.13. The van der Waals surface area contributed by atoms with E-state index in [2.05, 4.69) is 10.2 Å². The number of aromatic hydroxyl groups is 2. The molecule has 1 unspecified atom stereocenters. The maximum atomic E-state index is 11.9. The Bertz CT molecular complexity index is 447. The van der Waals surface area contributed by atoms with Crippen molar-refractivity contribution >= 4 is 5.91 Å². The summed E-state index contributed by atoms with van der Waals surface area (Å²) in [5, 5.41) is 21.6. The Balaban J connectivity index is 2.39. The summed E-state index contributed by atoms with van der Waals surface area (Å²) in [5.41, 5.74) is 0.830. The number of phenolic OH excluding ortho intramolecular Hbond substituents is 2. The first-order chi connectivity index (χ1) is 9.40. The molecule has 0 aliphatic heterocycles. The van der Waals surface area contributed by atoms with Gasteiger partial charge in [-0.25, -0.2) is 0 Å². The number of benzene rings is 1. The molecule has 0 aliphatic carbocycles. The molecule has 0 saturated carbocycles. The van der Waals surface area contributed by atoms with Crippen LogP contribution in [0.25, 0.3) is 0 Å². The number of nitrogens with zero attached hydrogens (tertiary/aromatic N) is 1. The van der Waals surface area contributed by atoms with Gasteiger partial charge in [0.25, 0.3) is 0 Å². The third kappa shape index (κ3) is 5.48. The van der Waals surface area contributed by atoms with E-state index in [1.165, 1.54) is 12.1 Å². The molecule has 5 nitrogen and oxygen atoms in total. The first kappa shape index (κ1) is 16.3. The predicted octanol–water partition coefficient (Wildman–Crippen LogP) is 1.34. The second-order valence-corrected chi connectivity index (χ2v) is 5.38. The van der Waals surface area contributed by atoms with Crippen molar-refractivity contribution in [3.8, 4) is 11.5 Å². The van der Waals surface area contributed by atoms with E-state index in [4.69, 9.17) is 0 Å². The Labute approximate surface area is 120 Å². The van der Waals surface area contributed by atoms with Crippen LogP contribution in [0.4, 0.5) is 0 Å². The molecule has 0 saturated heterocycles. The van der Waals surface area contributed by atoms with E-state index in [1.54, 1.807) is 6.07 Å². The van der Waals surface area contributed by atoms with Crippen LogP contribution in [0.1, 0.15) is 18.9 Å². The second kappa shape index (κ2) is 7.75. The number of carbonyl (C=O) groups excluding carboxylic acids is 1. The molecule has 20 heavy (non-hydrogen) atoms. The Morgan fingerprint density at radius 3 is 2.60 bits per heavy atom. The van der Waals surface area contributed by atoms with Crippen molar-refractivity contribution < 1.29 is 15.0 Å². The highest BCUT2D eigenvalue weighted by Crippen LogP contribution is 2.25. The molecule has 0 radical (unpaired) electrons. The van der Waals surface area contributed by atoms with Crippen LogP contribution in [0.15, 0.2) is 18.2 Å². The summed E-state index contributed by atoms with van der Waals surface area (Å²) < 4.78 is 0. The number of nitrogens with one attached hydrogen (secondary N) is 1. The van der Waals surface area contributed by atoms with Crippen molar-refractivity contribution in [1.82, 2.24) is 10.2 Å². The zero-order valence-corrected chi connectivity index (χ0v) is 12.4. The van der Waals surface area contributed by atoms with Crippen molar-refractivity contribution in [2.75, 3.05) is 27.2 Å². The van der Waals surface area contributed by atoms with E-state index in [1.807, 2.05) is 21.0 Å². The normalized spacial score (nSPS) is 12.4. The van der Waals surface area contributed by atoms with Crippen molar-refractivity contribution in [2.24, 2.45) is 5.92 Å². The first-order valence-corrected chi connectivity index (χ1v) is 6.83. The van der Waals surface area contributed by atoms with Gasteiger partial charge in [0.15, 0.2) is 11.5 Å². The molecule has 0 aromatic heterocycles. The minimum atomic E-state index is -0.168. The van der Waals surface area contributed by atoms with E-state index >= 15 is 0 Å². The van der Waals surface area contributed by atoms with Crippen LogP contribution >= 0.6 is 0 Å². The van der Waals surface area contributed by atoms with Gasteiger partial charge < -0.3 is 20.4 Å². The lowest BCUT2D eigenvalue weighted by molar-refractivity contribution is -0.124. The molecular formula is C15H24N2O3. The van der Waals surface area contributed by atoms with Gasteiger partial charge in [-0.3, -0.25) is 4.79 Å². The number of amides is 1. The number of carbonyl (C=O) groups is 1. The highest BCUT2D eigenvalue weighted by molar-refractivity contribution is 5.78. The molecule has 0 bridgehead atoms. The number of phenols is 2. The van der Waals surface area contributed by atoms with E-state index in [9.17, 15) is 15.0 Å². The van der Waals surface area contributed by atoms with Gasteiger partial charge in [-0.05, 0) is 51.2 Å². The summed E-state index contributed by atoms with van der Waals surface area (Å²) in [4.78, 5) is 14.0. The molecule has 0 spiro atoms. The molecule has 0 heterocycles. The average molecular weight is 280 g/mol. The number of hydrogen-bond donors (Lipinski definition) is 3. The molecule has 1 rings (SSSR count). The monoisotopic (exact) mass is 280 g/mol. The van der Waals surface area contributed by atoms with Gasteiger partial charge in [0, 0.05) is 12.5 Å². The Hall–Kier alpha value is -1.75. The van der Waals surface area contributed by atoms with Crippen LogP contribution in [0.3, 0.4) is 0 Å². The zero-order chi connectivity index (χ0) is 15.1. The van der Waals surface area contributed by atoms with E-state index in [-0.39, 0.29) is 23.3 Å². The molecule has 112 valence electrons. The molecule has 1 atom stereocenters. The third-order valence-corrected chi connectivity index (χ3v) is 3.11. The standard InChI is InChI=1S/C15H24N2O3/c1-11(15(20)16-7-4-8-17(2)3)9-12-5-6-13(18)14(19)10-12/h5-6,10-11,18-19H,4,7-9H2,1-3H3,(H,16,20). The van der Waals surface area contributed by atoms with Crippen molar-refractivity contribution in [3.05, 3.63) is 23.8 Å². The minimum absolute atomic E-state index is 0.0105. The molecule has 3 N–H and O–H groups in total. The van der Waals surface area contributed by atoms with E-state index in [0.717, 1.165) is 18.5 Å². The van der Waals surface area contributed by atoms with Gasteiger partial charge >= 0.3 is 0 Å². The predicted molar refractivity (Wildman–Crippen MR) is 78.8 cm³/mol. The molecule has 1 aromatic carbocycles. The minimum Gasteiger partial charge on any atom is -0.504 e. The third-order valence-electron chi connectivity index (χ3n) is 3.11.